The Labute approximate surface area is 125 Å². The van der Waals surface area contributed by atoms with Gasteiger partial charge in [-0.15, -0.1) is 0 Å². The van der Waals surface area contributed by atoms with E-state index in [0.29, 0.717) is 12.0 Å². The van der Waals surface area contributed by atoms with Gasteiger partial charge in [0.1, 0.15) is 6.29 Å². The zero-order valence-electron chi connectivity index (χ0n) is 12.0. The predicted octanol–water partition coefficient (Wildman–Crippen LogP) is 3.38. The fourth-order valence-electron chi connectivity index (χ4n) is 2.32. The van der Waals surface area contributed by atoms with E-state index in [1.165, 1.54) is 0 Å². The van der Waals surface area contributed by atoms with E-state index in [9.17, 15) is 9.59 Å². The second-order valence-corrected chi connectivity index (χ2v) is 4.94. The number of benzene rings is 2. The SMILES string of the molecule is CCC(C=O)C(NC(=O)c1ccccc1)c1ccccc1. The fourth-order valence-corrected chi connectivity index (χ4v) is 2.32. The molecule has 1 N–H and O–H groups in total. The highest BCUT2D eigenvalue weighted by Crippen LogP contribution is 2.23. The van der Waals surface area contributed by atoms with Crippen LogP contribution in [-0.4, -0.2) is 12.2 Å². The molecule has 3 heteroatoms. The molecule has 1 amide bonds. The first-order valence-electron chi connectivity index (χ1n) is 7.12. The van der Waals surface area contributed by atoms with Crippen molar-refractivity contribution in [1.82, 2.24) is 5.32 Å². The van der Waals surface area contributed by atoms with Gasteiger partial charge < -0.3 is 10.1 Å². The van der Waals surface area contributed by atoms with Crippen LogP contribution in [0.3, 0.4) is 0 Å². The van der Waals surface area contributed by atoms with Crippen LogP contribution in [0.4, 0.5) is 0 Å². The van der Waals surface area contributed by atoms with Crippen LogP contribution in [0.1, 0.15) is 35.3 Å². The van der Waals surface area contributed by atoms with Crippen LogP contribution in [-0.2, 0) is 4.79 Å². The van der Waals surface area contributed by atoms with Crippen molar-refractivity contribution in [3.63, 3.8) is 0 Å². The van der Waals surface area contributed by atoms with E-state index in [1.807, 2.05) is 55.5 Å². The van der Waals surface area contributed by atoms with Crippen molar-refractivity contribution in [2.24, 2.45) is 5.92 Å². The van der Waals surface area contributed by atoms with Gasteiger partial charge in [-0.1, -0.05) is 55.5 Å². The number of amides is 1. The standard InChI is InChI=1S/C18H19NO2/c1-2-14(13-20)17(15-9-5-3-6-10-15)19-18(21)16-11-7-4-8-12-16/h3-14,17H,2H2,1H3,(H,19,21). The molecule has 0 aliphatic rings. The Bertz CT molecular complexity index is 581. The van der Waals surface area contributed by atoms with Gasteiger partial charge in [0.2, 0.25) is 0 Å². The topological polar surface area (TPSA) is 46.2 Å². The van der Waals surface area contributed by atoms with Crippen LogP contribution in [0, 0.1) is 5.92 Å². The normalized spacial score (nSPS) is 13.2. The molecule has 108 valence electrons. The molecule has 0 spiro atoms. The molecular formula is C18H19NO2. The number of nitrogens with one attached hydrogen (secondary N) is 1. The number of hydrogen-bond donors (Lipinski definition) is 1. The summed E-state index contributed by atoms with van der Waals surface area (Å²) in [6.07, 6.45) is 1.60. The molecule has 2 aromatic rings. The summed E-state index contributed by atoms with van der Waals surface area (Å²) in [5, 5.41) is 2.98. The van der Waals surface area contributed by atoms with E-state index in [1.54, 1.807) is 12.1 Å². The maximum atomic E-state index is 12.3. The predicted molar refractivity (Wildman–Crippen MR) is 82.9 cm³/mol. The lowest BCUT2D eigenvalue weighted by atomic mass is 9.91. The minimum Gasteiger partial charge on any atom is -0.345 e. The van der Waals surface area contributed by atoms with Crippen LogP contribution >= 0.6 is 0 Å². The Morgan fingerprint density at radius 1 is 1.05 bits per heavy atom. The third kappa shape index (κ3) is 3.78. The van der Waals surface area contributed by atoms with Crippen LogP contribution in [0.15, 0.2) is 60.7 Å². The Balaban J connectivity index is 2.24. The molecule has 2 atom stereocenters. The Hall–Kier alpha value is -2.42. The maximum absolute atomic E-state index is 12.3. The molecular weight excluding hydrogens is 262 g/mol. The molecule has 0 radical (unpaired) electrons. The molecule has 0 aromatic heterocycles. The average molecular weight is 281 g/mol. The van der Waals surface area contributed by atoms with E-state index in [4.69, 9.17) is 0 Å². The molecule has 0 saturated carbocycles. The Kier molecular flexibility index (Phi) is 5.27. The lowest BCUT2D eigenvalue weighted by molar-refractivity contribution is -0.111. The van der Waals surface area contributed by atoms with Crippen LogP contribution in [0.25, 0.3) is 0 Å². The molecule has 0 fully saturated rings. The highest BCUT2D eigenvalue weighted by Gasteiger charge is 2.23. The van der Waals surface area contributed by atoms with Gasteiger partial charge >= 0.3 is 0 Å². The van der Waals surface area contributed by atoms with Gasteiger partial charge in [-0.2, -0.15) is 0 Å². The first-order valence-corrected chi connectivity index (χ1v) is 7.12. The summed E-state index contributed by atoms with van der Waals surface area (Å²) in [6, 6.07) is 18.3. The van der Waals surface area contributed by atoms with Gasteiger partial charge in [0, 0.05) is 11.5 Å². The third-order valence-corrected chi connectivity index (χ3v) is 3.56. The zero-order chi connectivity index (χ0) is 15.1. The summed E-state index contributed by atoms with van der Waals surface area (Å²) in [6.45, 7) is 1.95. The van der Waals surface area contributed by atoms with Gasteiger partial charge in [0.05, 0.1) is 6.04 Å². The van der Waals surface area contributed by atoms with E-state index < -0.39 is 0 Å². The van der Waals surface area contributed by atoms with Crippen molar-refractivity contribution in [3.05, 3.63) is 71.8 Å². The van der Waals surface area contributed by atoms with Crippen LogP contribution in [0.2, 0.25) is 0 Å². The summed E-state index contributed by atoms with van der Waals surface area (Å²) in [5.41, 5.74) is 1.54. The van der Waals surface area contributed by atoms with Gasteiger partial charge in [-0.05, 0) is 24.1 Å². The summed E-state index contributed by atoms with van der Waals surface area (Å²) < 4.78 is 0. The summed E-state index contributed by atoms with van der Waals surface area (Å²) >= 11 is 0. The van der Waals surface area contributed by atoms with Crippen molar-refractivity contribution in [1.29, 1.82) is 0 Å². The highest BCUT2D eigenvalue weighted by molar-refractivity contribution is 5.94. The number of carbonyl (C=O) groups is 2. The minimum atomic E-state index is -0.304. The monoisotopic (exact) mass is 281 g/mol. The minimum absolute atomic E-state index is 0.162. The van der Waals surface area contributed by atoms with Gasteiger partial charge in [0.25, 0.3) is 5.91 Å². The number of hydrogen-bond acceptors (Lipinski definition) is 2. The molecule has 3 nitrogen and oxygen atoms in total. The van der Waals surface area contributed by atoms with E-state index in [-0.39, 0.29) is 17.9 Å². The smallest absolute Gasteiger partial charge is 0.251 e. The van der Waals surface area contributed by atoms with E-state index in [2.05, 4.69) is 5.32 Å². The quantitative estimate of drug-likeness (QED) is 0.825. The zero-order valence-corrected chi connectivity index (χ0v) is 12.0. The van der Waals surface area contributed by atoms with Crippen molar-refractivity contribution < 1.29 is 9.59 Å². The average Bonchev–Trinajstić information content (AvgIpc) is 2.56. The number of carbonyl (C=O) groups excluding carboxylic acids is 2. The van der Waals surface area contributed by atoms with Crippen molar-refractivity contribution in [2.45, 2.75) is 19.4 Å². The summed E-state index contributed by atoms with van der Waals surface area (Å²) in [4.78, 5) is 23.7. The summed E-state index contributed by atoms with van der Waals surface area (Å²) in [7, 11) is 0. The van der Waals surface area contributed by atoms with Crippen molar-refractivity contribution in [2.75, 3.05) is 0 Å². The number of aldehydes is 1. The van der Waals surface area contributed by atoms with Gasteiger partial charge in [-0.3, -0.25) is 4.79 Å². The second kappa shape index (κ2) is 7.39. The van der Waals surface area contributed by atoms with E-state index >= 15 is 0 Å². The molecule has 0 aliphatic carbocycles. The largest absolute Gasteiger partial charge is 0.345 e. The fraction of sp³-hybridized carbons (Fsp3) is 0.222. The van der Waals surface area contributed by atoms with Crippen molar-refractivity contribution >= 4 is 12.2 Å². The highest BCUT2D eigenvalue weighted by atomic mass is 16.1. The molecule has 2 unspecified atom stereocenters. The summed E-state index contributed by atoms with van der Waals surface area (Å²) in [5.74, 6) is -0.398. The molecule has 2 aromatic carbocycles. The maximum Gasteiger partial charge on any atom is 0.251 e. The third-order valence-electron chi connectivity index (χ3n) is 3.56. The first kappa shape index (κ1) is 15.0. The lowest BCUT2D eigenvalue weighted by Crippen LogP contribution is -2.34. The van der Waals surface area contributed by atoms with E-state index in [0.717, 1.165) is 11.8 Å². The molecule has 21 heavy (non-hydrogen) atoms. The Morgan fingerprint density at radius 2 is 1.62 bits per heavy atom. The van der Waals surface area contributed by atoms with Gasteiger partial charge in [0.15, 0.2) is 0 Å². The molecule has 0 bridgehead atoms. The molecule has 0 saturated heterocycles. The second-order valence-electron chi connectivity index (χ2n) is 4.94. The van der Waals surface area contributed by atoms with Crippen LogP contribution < -0.4 is 5.32 Å². The number of rotatable bonds is 6. The van der Waals surface area contributed by atoms with Gasteiger partial charge in [-0.25, -0.2) is 0 Å². The lowest BCUT2D eigenvalue weighted by Gasteiger charge is -2.24. The molecule has 0 aliphatic heterocycles. The van der Waals surface area contributed by atoms with Crippen molar-refractivity contribution in [3.8, 4) is 0 Å². The Morgan fingerprint density at radius 3 is 2.14 bits per heavy atom. The molecule has 0 heterocycles. The van der Waals surface area contributed by atoms with Crippen LogP contribution in [0.5, 0.6) is 0 Å². The molecule has 2 rings (SSSR count). The first-order chi connectivity index (χ1) is 10.3.